The first-order valence-corrected chi connectivity index (χ1v) is 5.74. The van der Waals surface area contributed by atoms with Crippen molar-refractivity contribution < 1.29 is 5.11 Å². The van der Waals surface area contributed by atoms with Gasteiger partial charge in [0, 0.05) is 8.35 Å². The van der Waals surface area contributed by atoms with E-state index in [1.165, 1.54) is 0 Å². The second kappa shape index (κ2) is 4.33. The predicted octanol–water partition coefficient (Wildman–Crippen LogP) is 2.39. The van der Waals surface area contributed by atoms with Crippen LogP contribution in [-0.4, -0.2) is 19.1 Å². The minimum Gasteiger partial charge on any atom is -0.389 e. The van der Waals surface area contributed by atoms with Crippen molar-refractivity contribution in [2.24, 2.45) is 0 Å². The molecule has 3 heteroatoms. The summed E-state index contributed by atoms with van der Waals surface area (Å²) in [5.74, 6) is 0. The molecule has 0 saturated heterocycles. The summed E-state index contributed by atoms with van der Waals surface area (Å²) in [6, 6.07) is 0. The van der Waals surface area contributed by atoms with Gasteiger partial charge in [0.05, 0.1) is 5.60 Å². The largest absolute Gasteiger partial charge is 0.389 e. The van der Waals surface area contributed by atoms with Crippen LogP contribution in [0.15, 0.2) is 0 Å². The maximum atomic E-state index is 9.58. The molecule has 56 valence electrons. The number of alkyl halides is 2. The molecule has 2 atom stereocenters. The highest BCUT2D eigenvalue weighted by Gasteiger charge is 2.26. The molecule has 0 heterocycles. The molecule has 1 N–H and O–H groups in total. The van der Waals surface area contributed by atoms with E-state index in [9.17, 15) is 5.11 Å². The highest BCUT2D eigenvalue weighted by atomic mass is 127. The minimum absolute atomic E-state index is 0.376. The van der Waals surface area contributed by atoms with E-state index in [1.54, 1.807) is 0 Å². The minimum atomic E-state index is -0.470. The second-order valence-electron chi connectivity index (χ2n) is 2.33. The summed E-state index contributed by atoms with van der Waals surface area (Å²) >= 11 is 4.59. The molecule has 0 aromatic heterocycles. The van der Waals surface area contributed by atoms with Crippen LogP contribution in [0.2, 0.25) is 0 Å². The van der Waals surface area contributed by atoms with E-state index < -0.39 is 5.60 Å². The first-order valence-electron chi connectivity index (χ1n) is 2.97. The molecule has 0 spiro atoms. The van der Waals surface area contributed by atoms with Crippen molar-refractivity contribution in [1.29, 1.82) is 0 Å². The Morgan fingerprint density at radius 1 is 1.67 bits per heavy atom. The van der Waals surface area contributed by atoms with Gasteiger partial charge in [0.15, 0.2) is 0 Å². The molecule has 0 aromatic rings. The highest BCUT2D eigenvalue weighted by Crippen LogP contribution is 2.23. The summed E-state index contributed by atoms with van der Waals surface area (Å²) < 4.78 is 1.39. The van der Waals surface area contributed by atoms with Crippen LogP contribution < -0.4 is 0 Å². The molecule has 0 radical (unpaired) electrons. The van der Waals surface area contributed by atoms with Crippen molar-refractivity contribution in [1.82, 2.24) is 0 Å². The molecule has 1 nitrogen and oxygen atoms in total. The molecule has 9 heavy (non-hydrogen) atoms. The maximum absolute atomic E-state index is 9.58. The van der Waals surface area contributed by atoms with Crippen molar-refractivity contribution in [2.45, 2.75) is 29.8 Å². The van der Waals surface area contributed by atoms with E-state index in [2.05, 4.69) is 45.2 Å². The van der Waals surface area contributed by atoms with Crippen molar-refractivity contribution >= 4 is 45.2 Å². The Morgan fingerprint density at radius 2 is 2.11 bits per heavy atom. The summed E-state index contributed by atoms with van der Waals surface area (Å²) in [7, 11) is 0. The SMILES string of the molecule is CCC(C)(O)C(I)CI. The first-order chi connectivity index (χ1) is 4.04. The van der Waals surface area contributed by atoms with Gasteiger partial charge in [-0.25, -0.2) is 0 Å². The van der Waals surface area contributed by atoms with Gasteiger partial charge in [0.1, 0.15) is 0 Å². The number of hydrogen-bond donors (Lipinski definition) is 1. The van der Waals surface area contributed by atoms with Crippen LogP contribution >= 0.6 is 45.2 Å². The Labute approximate surface area is 83.9 Å². The third-order valence-electron chi connectivity index (χ3n) is 1.53. The monoisotopic (exact) mass is 354 g/mol. The lowest BCUT2D eigenvalue weighted by Crippen LogP contribution is -2.35. The van der Waals surface area contributed by atoms with Gasteiger partial charge in [-0.15, -0.1) is 0 Å². The van der Waals surface area contributed by atoms with E-state index in [4.69, 9.17) is 0 Å². The van der Waals surface area contributed by atoms with Crippen LogP contribution in [0.4, 0.5) is 0 Å². The quantitative estimate of drug-likeness (QED) is 0.610. The van der Waals surface area contributed by atoms with Crippen molar-refractivity contribution in [3.05, 3.63) is 0 Å². The normalized spacial score (nSPS) is 21.0. The fraction of sp³-hybridized carbons (Fsp3) is 1.00. The smallest absolute Gasteiger partial charge is 0.0741 e. The fourth-order valence-corrected chi connectivity index (χ4v) is 1.78. The fourth-order valence-electron chi connectivity index (χ4n) is 0.388. The third kappa shape index (κ3) is 3.36. The lowest BCUT2D eigenvalue weighted by molar-refractivity contribution is 0.0640. The van der Waals surface area contributed by atoms with E-state index in [1.807, 2.05) is 13.8 Å². The standard InChI is InChI=1S/C6H12I2O/c1-3-6(2,9)5(8)4-7/h5,9H,3-4H2,1-2H3. The zero-order valence-corrected chi connectivity index (χ0v) is 10.0. The first kappa shape index (κ1) is 10.4. The number of rotatable bonds is 3. The highest BCUT2D eigenvalue weighted by molar-refractivity contribution is 14.1. The molecular weight excluding hydrogens is 342 g/mol. The Bertz CT molecular complexity index is 83.1. The summed E-state index contributed by atoms with van der Waals surface area (Å²) in [6.07, 6.45) is 0.837. The van der Waals surface area contributed by atoms with Gasteiger partial charge in [-0.3, -0.25) is 0 Å². The molecule has 0 bridgehead atoms. The molecule has 0 aromatic carbocycles. The van der Waals surface area contributed by atoms with Crippen LogP contribution in [0.5, 0.6) is 0 Å². The molecule has 0 amide bonds. The Hall–Kier alpha value is 1.42. The van der Waals surface area contributed by atoms with Gasteiger partial charge in [0.2, 0.25) is 0 Å². The van der Waals surface area contributed by atoms with Crippen molar-refractivity contribution in [2.75, 3.05) is 4.43 Å². The van der Waals surface area contributed by atoms with Gasteiger partial charge < -0.3 is 5.11 Å². The van der Waals surface area contributed by atoms with Gasteiger partial charge >= 0.3 is 0 Å². The predicted molar refractivity (Wildman–Crippen MR) is 57.6 cm³/mol. The Morgan fingerprint density at radius 3 is 2.22 bits per heavy atom. The summed E-state index contributed by atoms with van der Waals surface area (Å²) in [4.78, 5) is 0. The zero-order valence-electron chi connectivity index (χ0n) is 5.69. The van der Waals surface area contributed by atoms with Gasteiger partial charge in [-0.05, 0) is 13.3 Å². The van der Waals surface area contributed by atoms with Gasteiger partial charge in [-0.2, -0.15) is 0 Å². The van der Waals surface area contributed by atoms with E-state index >= 15 is 0 Å². The average molecular weight is 354 g/mol. The molecular formula is C6H12I2O. The van der Waals surface area contributed by atoms with Gasteiger partial charge in [0.25, 0.3) is 0 Å². The Balaban J connectivity index is 3.80. The molecule has 0 fully saturated rings. The van der Waals surface area contributed by atoms with Crippen molar-refractivity contribution in [3.63, 3.8) is 0 Å². The molecule has 0 aliphatic carbocycles. The third-order valence-corrected chi connectivity index (χ3v) is 5.87. The Kier molecular flexibility index (Phi) is 5.01. The van der Waals surface area contributed by atoms with Crippen LogP contribution in [0.1, 0.15) is 20.3 Å². The van der Waals surface area contributed by atoms with Crippen LogP contribution in [-0.2, 0) is 0 Å². The lowest BCUT2D eigenvalue weighted by Gasteiger charge is -2.25. The summed E-state index contributed by atoms with van der Waals surface area (Å²) in [5, 5.41) is 9.58. The van der Waals surface area contributed by atoms with Crippen LogP contribution in [0.25, 0.3) is 0 Å². The number of hydrogen-bond acceptors (Lipinski definition) is 1. The molecule has 0 rings (SSSR count). The van der Waals surface area contributed by atoms with Crippen LogP contribution in [0.3, 0.4) is 0 Å². The van der Waals surface area contributed by atoms with E-state index in [-0.39, 0.29) is 0 Å². The van der Waals surface area contributed by atoms with E-state index in [0.29, 0.717) is 3.92 Å². The molecule has 0 saturated carbocycles. The second-order valence-corrected chi connectivity index (χ2v) is 4.72. The lowest BCUT2D eigenvalue weighted by atomic mass is 10.0. The van der Waals surface area contributed by atoms with Gasteiger partial charge in [-0.1, -0.05) is 52.1 Å². The van der Waals surface area contributed by atoms with Crippen molar-refractivity contribution in [3.8, 4) is 0 Å². The van der Waals surface area contributed by atoms with Crippen LogP contribution in [0, 0.1) is 0 Å². The van der Waals surface area contributed by atoms with E-state index in [0.717, 1.165) is 10.8 Å². The molecule has 0 aliphatic rings. The summed E-state index contributed by atoms with van der Waals surface area (Å²) in [6.45, 7) is 3.90. The summed E-state index contributed by atoms with van der Waals surface area (Å²) in [5.41, 5.74) is -0.470. The zero-order chi connectivity index (χ0) is 7.49. The molecule has 0 aliphatic heterocycles. The number of halogens is 2. The molecule has 2 unspecified atom stereocenters. The average Bonchev–Trinajstić information content (AvgIpc) is 1.86. The topological polar surface area (TPSA) is 20.2 Å². The number of aliphatic hydroxyl groups is 1. The maximum Gasteiger partial charge on any atom is 0.0741 e.